The van der Waals surface area contributed by atoms with Crippen LogP contribution in [0.1, 0.15) is 48.3 Å². The Morgan fingerprint density at radius 2 is 2.03 bits per heavy atom. The van der Waals surface area contributed by atoms with Gasteiger partial charge >= 0.3 is 0 Å². The number of hydrogen-bond donors (Lipinski definition) is 2. The number of rotatable bonds is 5. The minimum Gasteiger partial charge on any atom is -0.381 e. The number of H-pyrrole nitrogens is 1. The van der Waals surface area contributed by atoms with E-state index in [4.69, 9.17) is 4.74 Å². The van der Waals surface area contributed by atoms with Crippen LogP contribution in [0.5, 0.6) is 0 Å². The first kappa shape index (κ1) is 20.5. The van der Waals surface area contributed by atoms with E-state index in [0.29, 0.717) is 37.8 Å². The van der Waals surface area contributed by atoms with Gasteiger partial charge in [-0.3, -0.25) is 19.4 Å². The molecular weight excluding hydrogens is 386 g/mol. The van der Waals surface area contributed by atoms with Crippen molar-refractivity contribution in [1.82, 2.24) is 35.2 Å². The van der Waals surface area contributed by atoms with Crippen LogP contribution in [0, 0.1) is 26.7 Å². The molecule has 10 heteroatoms. The Bertz CT molecular complexity index is 915. The van der Waals surface area contributed by atoms with Crippen molar-refractivity contribution in [3.05, 3.63) is 29.1 Å². The number of likely N-dealkylation sites (tertiary alicyclic amines) is 1. The molecule has 2 aliphatic rings. The number of ether oxygens (including phenoxy) is 1. The Hall–Kier alpha value is -2.75. The number of nitrogens with one attached hydrogen (secondary N) is 2. The van der Waals surface area contributed by atoms with Crippen molar-refractivity contribution in [3.63, 3.8) is 0 Å². The molecule has 0 bridgehead atoms. The van der Waals surface area contributed by atoms with Crippen molar-refractivity contribution < 1.29 is 14.3 Å². The van der Waals surface area contributed by atoms with Gasteiger partial charge in [0.1, 0.15) is 12.4 Å². The second kappa shape index (κ2) is 8.55. The number of aromatic nitrogens is 5. The average Bonchev–Trinajstić information content (AvgIpc) is 3.41. The van der Waals surface area contributed by atoms with Crippen LogP contribution < -0.4 is 5.32 Å². The molecular formula is C20H29N7O3. The summed E-state index contributed by atoms with van der Waals surface area (Å²) in [6.07, 6.45) is 2.07. The molecule has 0 unspecified atom stereocenters. The predicted octanol–water partition coefficient (Wildman–Crippen LogP) is 0.811. The molecule has 2 aromatic heterocycles. The largest absolute Gasteiger partial charge is 0.381 e. The van der Waals surface area contributed by atoms with Gasteiger partial charge in [0.25, 0.3) is 0 Å². The van der Waals surface area contributed by atoms with Crippen molar-refractivity contribution in [2.45, 2.75) is 58.7 Å². The van der Waals surface area contributed by atoms with Crippen LogP contribution in [0.4, 0.5) is 0 Å². The first-order valence-electron chi connectivity index (χ1n) is 10.5. The molecule has 2 amide bonds. The lowest BCUT2D eigenvalue weighted by Crippen LogP contribution is -2.43. The highest BCUT2D eigenvalue weighted by Gasteiger charge is 2.39. The van der Waals surface area contributed by atoms with Gasteiger partial charge in [-0.2, -0.15) is 10.2 Å². The van der Waals surface area contributed by atoms with E-state index < -0.39 is 0 Å². The monoisotopic (exact) mass is 415 g/mol. The summed E-state index contributed by atoms with van der Waals surface area (Å²) < 4.78 is 7.07. The van der Waals surface area contributed by atoms with Gasteiger partial charge in [-0.05, 0) is 46.1 Å². The molecule has 0 saturated carbocycles. The van der Waals surface area contributed by atoms with Crippen molar-refractivity contribution >= 4 is 11.8 Å². The smallest absolute Gasteiger partial charge is 0.245 e. The fourth-order valence-corrected chi connectivity index (χ4v) is 4.30. The van der Waals surface area contributed by atoms with Crippen molar-refractivity contribution in [2.75, 3.05) is 19.8 Å². The van der Waals surface area contributed by atoms with Gasteiger partial charge in [-0.1, -0.05) is 0 Å². The number of amides is 2. The second-order valence-corrected chi connectivity index (χ2v) is 8.25. The van der Waals surface area contributed by atoms with Gasteiger partial charge in [0, 0.05) is 37.4 Å². The lowest BCUT2D eigenvalue weighted by atomic mass is 9.99. The van der Waals surface area contributed by atoms with E-state index in [2.05, 4.69) is 25.6 Å². The third-order valence-corrected chi connectivity index (χ3v) is 5.86. The molecule has 162 valence electrons. The second-order valence-electron chi connectivity index (χ2n) is 8.25. The van der Waals surface area contributed by atoms with E-state index in [-0.39, 0.29) is 36.4 Å². The topological polar surface area (TPSA) is 118 Å². The summed E-state index contributed by atoms with van der Waals surface area (Å²) >= 11 is 0. The summed E-state index contributed by atoms with van der Waals surface area (Å²) in [4.78, 5) is 32.1. The molecule has 2 saturated heterocycles. The number of aryl methyl sites for hydroxylation is 3. The summed E-state index contributed by atoms with van der Waals surface area (Å²) in [5.41, 5.74) is 1.82. The highest BCUT2D eigenvalue weighted by Crippen LogP contribution is 2.31. The molecule has 2 aliphatic heterocycles. The van der Waals surface area contributed by atoms with E-state index >= 15 is 0 Å². The minimum atomic E-state index is -0.278. The van der Waals surface area contributed by atoms with E-state index in [1.807, 2.05) is 26.8 Å². The Labute approximate surface area is 175 Å². The Balaban J connectivity index is 1.48. The number of nitrogens with zero attached hydrogens (tertiary/aromatic N) is 5. The van der Waals surface area contributed by atoms with Crippen LogP contribution in [0.25, 0.3) is 0 Å². The molecule has 30 heavy (non-hydrogen) atoms. The first-order valence-corrected chi connectivity index (χ1v) is 10.5. The zero-order valence-electron chi connectivity index (χ0n) is 17.7. The van der Waals surface area contributed by atoms with E-state index in [9.17, 15) is 9.59 Å². The van der Waals surface area contributed by atoms with Crippen LogP contribution in [-0.2, 0) is 20.9 Å². The van der Waals surface area contributed by atoms with Gasteiger partial charge < -0.3 is 15.0 Å². The Morgan fingerprint density at radius 1 is 1.27 bits per heavy atom. The van der Waals surface area contributed by atoms with Crippen molar-refractivity contribution in [1.29, 1.82) is 0 Å². The van der Waals surface area contributed by atoms with Gasteiger partial charge in [0.15, 0.2) is 5.82 Å². The molecule has 2 fully saturated rings. The normalized spacial score (nSPS) is 22.4. The molecule has 10 nitrogen and oxygen atoms in total. The van der Waals surface area contributed by atoms with Crippen LogP contribution in [-0.4, -0.2) is 67.5 Å². The van der Waals surface area contributed by atoms with E-state index in [1.165, 1.54) is 0 Å². The van der Waals surface area contributed by atoms with Crippen molar-refractivity contribution in [3.8, 4) is 0 Å². The van der Waals surface area contributed by atoms with Gasteiger partial charge in [0.2, 0.25) is 11.8 Å². The number of hydrogen-bond acceptors (Lipinski definition) is 6. The Kier molecular flexibility index (Phi) is 5.85. The quantitative estimate of drug-likeness (QED) is 0.746. The summed E-state index contributed by atoms with van der Waals surface area (Å²) in [5, 5.41) is 14.7. The highest BCUT2D eigenvalue weighted by molar-refractivity contribution is 5.80. The summed E-state index contributed by atoms with van der Waals surface area (Å²) in [7, 11) is 0. The third kappa shape index (κ3) is 4.38. The predicted molar refractivity (Wildman–Crippen MR) is 107 cm³/mol. The molecule has 4 rings (SSSR count). The number of carbonyl (C=O) groups excluding carboxylic acids is 2. The van der Waals surface area contributed by atoms with Crippen LogP contribution in [0.2, 0.25) is 0 Å². The van der Waals surface area contributed by atoms with Gasteiger partial charge in [-0.15, -0.1) is 0 Å². The van der Waals surface area contributed by atoms with E-state index in [1.54, 1.807) is 9.58 Å². The SMILES string of the molecule is Cc1cc(C)n(CC(=O)N2C[C@@H](NC(=O)C3CCOCC3)C[C@H]2c2n[nH]c(C)n2)n1. The summed E-state index contributed by atoms with van der Waals surface area (Å²) in [6.45, 7) is 7.50. The number of carbonyl (C=O) groups is 2. The minimum absolute atomic E-state index is 0.0256. The number of aromatic amines is 1. The maximum absolute atomic E-state index is 13.2. The lowest BCUT2D eigenvalue weighted by Gasteiger charge is -2.24. The molecule has 0 aromatic carbocycles. The van der Waals surface area contributed by atoms with Gasteiger partial charge in [-0.25, -0.2) is 4.98 Å². The summed E-state index contributed by atoms with van der Waals surface area (Å²) in [6, 6.07) is 1.54. The maximum atomic E-state index is 13.2. The first-order chi connectivity index (χ1) is 14.4. The standard InChI is InChI=1S/C20H29N7O3/c1-12-8-13(2)27(25-12)11-18(28)26-10-16(9-17(26)19-21-14(3)23-24-19)22-20(29)15-4-6-30-7-5-15/h8,15-17H,4-7,9-11H2,1-3H3,(H,22,29)(H,21,23,24)/t16-,17-/m0/s1. The maximum Gasteiger partial charge on any atom is 0.245 e. The molecule has 0 radical (unpaired) electrons. The molecule has 2 aromatic rings. The fourth-order valence-electron chi connectivity index (χ4n) is 4.30. The fraction of sp³-hybridized carbons (Fsp3) is 0.650. The Morgan fingerprint density at radius 3 is 2.67 bits per heavy atom. The van der Waals surface area contributed by atoms with Crippen LogP contribution in [0.3, 0.4) is 0 Å². The molecule has 4 heterocycles. The van der Waals surface area contributed by atoms with Crippen LogP contribution >= 0.6 is 0 Å². The van der Waals surface area contributed by atoms with Gasteiger partial charge in [0.05, 0.1) is 11.7 Å². The van der Waals surface area contributed by atoms with Crippen LogP contribution in [0.15, 0.2) is 6.07 Å². The molecule has 2 N–H and O–H groups in total. The van der Waals surface area contributed by atoms with Crippen molar-refractivity contribution in [2.24, 2.45) is 5.92 Å². The third-order valence-electron chi connectivity index (χ3n) is 5.86. The summed E-state index contributed by atoms with van der Waals surface area (Å²) in [5.74, 6) is 1.24. The molecule has 0 aliphatic carbocycles. The average molecular weight is 415 g/mol. The highest BCUT2D eigenvalue weighted by atomic mass is 16.5. The zero-order chi connectivity index (χ0) is 21.3. The zero-order valence-corrected chi connectivity index (χ0v) is 17.7. The lowest BCUT2D eigenvalue weighted by molar-refractivity contribution is -0.133. The van der Waals surface area contributed by atoms with E-state index in [0.717, 1.165) is 24.2 Å². The molecule has 0 spiro atoms. The molecule has 2 atom stereocenters.